The molecule has 1 saturated carbocycles. The second-order valence-corrected chi connectivity index (χ2v) is 9.79. The molecule has 1 saturated heterocycles. The molecule has 2 atom stereocenters. The first-order valence-electron chi connectivity index (χ1n) is 10.2. The van der Waals surface area contributed by atoms with Crippen molar-refractivity contribution in [3.63, 3.8) is 0 Å². The van der Waals surface area contributed by atoms with Crippen molar-refractivity contribution in [1.29, 1.82) is 0 Å². The quantitative estimate of drug-likeness (QED) is 0.353. The second kappa shape index (κ2) is 9.84. The maximum Gasteiger partial charge on any atom is 0.243 e. The Morgan fingerprint density at radius 3 is 2.73 bits per heavy atom. The van der Waals surface area contributed by atoms with Crippen LogP contribution in [0.5, 0.6) is 5.75 Å². The summed E-state index contributed by atoms with van der Waals surface area (Å²) in [7, 11) is -3.57. The molecule has 3 rings (SSSR count). The normalized spacial score (nSPS) is 20.7. The highest BCUT2D eigenvalue weighted by atomic mass is 32.2. The van der Waals surface area contributed by atoms with Gasteiger partial charge in [0.05, 0.1) is 18.4 Å². The third kappa shape index (κ3) is 6.75. The minimum absolute atomic E-state index is 0.121. The number of carbonyl (C=O) groups excluding carboxylic acids is 2. The Kier molecular flexibility index (Phi) is 7.43. The Balaban J connectivity index is 1.45. The van der Waals surface area contributed by atoms with Crippen molar-refractivity contribution >= 4 is 21.8 Å². The van der Waals surface area contributed by atoms with Gasteiger partial charge >= 0.3 is 0 Å². The van der Waals surface area contributed by atoms with E-state index >= 15 is 0 Å². The van der Waals surface area contributed by atoms with Gasteiger partial charge in [0.2, 0.25) is 21.8 Å². The largest absolute Gasteiger partial charge is 0.490 e. The molecular formula is C20H28FN3O5S. The van der Waals surface area contributed by atoms with Gasteiger partial charge in [-0.25, -0.2) is 17.5 Å². The van der Waals surface area contributed by atoms with Crippen LogP contribution in [0.2, 0.25) is 0 Å². The van der Waals surface area contributed by atoms with Gasteiger partial charge in [-0.15, -0.1) is 0 Å². The highest BCUT2D eigenvalue weighted by Crippen LogP contribution is 2.31. The molecule has 0 spiro atoms. The number of amides is 2. The van der Waals surface area contributed by atoms with Gasteiger partial charge < -0.3 is 10.1 Å². The summed E-state index contributed by atoms with van der Waals surface area (Å²) in [6.07, 6.45) is 3.16. The molecule has 166 valence electrons. The van der Waals surface area contributed by atoms with Crippen molar-refractivity contribution in [2.24, 2.45) is 5.92 Å². The third-order valence-corrected chi connectivity index (χ3v) is 6.74. The van der Waals surface area contributed by atoms with Crippen molar-refractivity contribution in [1.82, 2.24) is 15.4 Å². The lowest BCUT2D eigenvalue weighted by atomic mass is 10.1. The molecule has 1 aliphatic carbocycles. The summed E-state index contributed by atoms with van der Waals surface area (Å²) in [5.41, 5.74) is 0.618. The van der Waals surface area contributed by atoms with Gasteiger partial charge in [-0.2, -0.15) is 0 Å². The fraction of sp³-hybridized carbons (Fsp3) is 0.600. The van der Waals surface area contributed by atoms with E-state index in [-0.39, 0.29) is 29.7 Å². The highest BCUT2D eigenvalue weighted by Gasteiger charge is 2.26. The monoisotopic (exact) mass is 441 g/mol. The number of benzene rings is 1. The molecule has 2 amide bonds. The van der Waals surface area contributed by atoms with E-state index in [2.05, 4.69) is 15.4 Å². The standard InChI is InChI=1S/C20H28FN3O5S/c1-13(15-5-6-16(21)18(11-15)29-12-14-3-4-14)24-30(27,28)10-2-9-22-17-7-8-19(25)23-20(17)26/h5-6,11,13-14,17,22,24H,2-4,7-10,12H2,1H3,(H,23,25,26). The van der Waals surface area contributed by atoms with Crippen LogP contribution < -0.4 is 20.1 Å². The first-order chi connectivity index (χ1) is 14.2. The molecule has 1 aromatic carbocycles. The molecular weight excluding hydrogens is 413 g/mol. The molecule has 30 heavy (non-hydrogen) atoms. The number of rotatable bonds is 11. The summed E-state index contributed by atoms with van der Waals surface area (Å²) in [5.74, 6) is -0.632. The van der Waals surface area contributed by atoms with Crippen molar-refractivity contribution in [2.45, 2.75) is 51.1 Å². The van der Waals surface area contributed by atoms with Crippen LogP contribution in [0.15, 0.2) is 18.2 Å². The topological polar surface area (TPSA) is 114 Å². The van der Waals surface area contributed by atoms with Crippen LogP contribution in [-0.2, 0) is 19.6 Å². The summed E-state index contributed by atoms with van der Waals surface area (Å²) < 4.78 is 46.8. The zero-order valence-electron chi connectivity index (χ0n) is 16.9. The Morgan fingerprint density at radius 1 is 1.27 bits per heavy atom. The third-order valence-electron chi connectivity index (χ3n) is 5.20. The van der Waals surface area contributed by atoms with Crippen LogP contribution in [0.25, 0.3) is 0 Å². The zero-order valence-corrected chi connectivity index (χ0v) is 17.8. The van der Waals surface area contributed by atoms with Gasteiger partial charge in [0, 0.05) is 12.5 Å². The van der Waals surface area contributed by atoms with Crippen LogP contribution in [0.4, 0.5) is 4.39 Å². The molecule has 0 radical (unpaired) electrons. The van der Waals surface area contributed by atoms with Crippen LogP contribution in [0.3, 0.4) is 0 Å². The van der Waals surface area contributed by atoms with Gasteiger partial charge in [-0.3, -0.25) is 14.9 Å². The van der Waals surface area contributed by atoms with Crippen molar-refractivity contribution < 1.29 is 27.1 Å². The fourth-order valence-corrected chi connectivity index (χ4v) is 4.53. The molecule has 8 nitrogen and oxygen atoms in total. The van der Waals surface area contributed by atoms with Crippen molar-refractivity contribution in [2.75, 3.05) is 18.9 Å². The number of hydrogen-bond donors (Lipinski definition) is 3. The molecule has 1 aliphatic heterocycles. The molecule has 0 bridgehead atoms. The molecule has 10 heteroatoms. The fourth-order valence-electron chi connectivity index (χ4n) is 3.22. The second-order valence-electron chi connectivity index (χ2n) is 7.91. The first-order valence-corrected chi connectivity index (χ1v) is 11.9. The lowest BCUT2D eigenvalue weighted by molar-refractivity contribution is -0.134. The lowest BCUT2D eigenvalue weighted by Crippen LogP contribution is -2.51. The Bertz CT molecular complexity index is 888. The number of halogens is 1. The summed E-state index contributed by atoms with van der Waals surface area (Å²) in [4.78, 5) is 22.8. The summed E-state index contributed by atoms with van der Waals surface area (Å²) in [5, 5.41) is 5.23. The molecule has 2 fully saturated rings. The van der Waals surface area contributed by atoms with Gasteiger partial charge in [0.1, 0.15) is 0 Å². The van der Waals surface area contributed by atoms with E-state index in [1.807, 2.05) is 0 Å². The number of imide groups is 1. The summed E-state index contributed by atoms with van der Waals surface area (Å²) >= 11 is 0. The van der Waals surface area contributed by atoms with E-state index in [9.17, 15) is 22.4 Å². The predicted octanol–water partition coefficient (Wildman–Crippen LogP) is 1.38. The maximum absolute atomic E-state index is 13.9. The van der Waals surface area contributed by atoms with E-state index in [0.717, 1.165) is 12.8 Å². The van der Waals surface area contributed by atoms with Crippen LogP contribution in [-0.4, -0.2) is 45.2 Å². The van der Waals surface area contributed by atoms with Crippen LogP contribution in [0.1, 0.15) is 50.6 Å². The smallest absolute Gasteiger partial charge is 0.243 e. The number of ether oxygens (including phenoxy) is 1. The van der Waals surface area contributed by atoms with Gasteiger partial charge in [-0.1, -0.05) is 6.07 Å². The number of nitrogens with one attached hydrogen (secondary N) is 3. The Labute approximate surface area is 176 Å². The maximum atomic E-state index is 13.9. The minimum atomic E-state index is -3.57. The minimum Gasteiger partial charge on any atom is -0.490 e. The lowest BCUT2D eigenvalue weighted by Gasteiger charge is -2.22. The number of piperidine rings is 1. The highest BCUT2D eigenvalue weighted by molar-refractivity contribution is 7.89. The number of carbonyl (C=O) groups is 2. The van der Waals surface area contributed by atoms with Crippen molar-refractivity contribution in [3.8, 4) is 5.75 Å². The zero-order chi connectivity index (χ0) is 21.7. The average Bonchev–Trinajstić information content (AvgIpc) is 3.50. The van der Waals surface area contributed by atoms with E-state index in [4.69, 9.17) is 4.74 Å². The SMILES string of the molecule is CC(NS(=O)(=O)CCCNC1CCC(=O)NC1=O)c1ccc(F)c(OCC2CC2)c1. The van der Waals surface area contributed by atoms with E-state index in [0.29, 0.717) is 37.5 Å². The number of hydrogen-bond acceptors (Lipinski definition) is 6. The van der Waals surface area contributed by atoms with E-state index in [1.54, 1.807) is 6.92 Å². The first kappa shape index (κ1) is 22.6. The molecule has 3 N–H and O–H groups in total. The van der Waals surface area contributed by atoms with Gasteiger partial charge in [0.15, 0.2) is 11.6 Å². The molecule has 1 aromatic rings. The average molecular weight is 442 g/mol. The molecule has 2 aliphatic rings. The van der Waals surface area contributed by atoms with Crippen molar-refractivity contribution in [3.05, 3.63) is 29.6 Å². The molecule has 1 heterocycles. The van der Waals surface area contributed by atoms with Crippen LogP contribution in [0, 0.1) is 11.7 Å². The van der Waals surface area contributed by atoms with Gasteiger partial charge in [0.25, 0.3) is 0 Å². The Hall–Kier alpha value is -2.04. The predicted molar refractivity (Wildman–Crippen MR) is 109 cm³/mol. The van der Waals surface area contributed by atoms with E-state index < -0.39 is 27.9 Å². The number of sulfonamides is 1. The Morgan fingerprint density at radius 2 is 2.03 bits per heavy atom. The summed E-state index contributed by atoms with van der Waals surface area (Å²) in [6.45, 7) is 2.50. The summed E-state index contributed by atoms with van der Waals surface area (Å²) in [6, 6.07) is 3.34. The molecule has 2 unspecified atom stereocenters. The van der Waals surface area contributed by atoms with E-state index in [1.165, 1.54) is 18.2 Å². The van der Waals surface area contributed by atoms with Crippen LogP contribution >= 0.6 is 0 Å². The molecule has 0 aromatic heterocycles. The van der Waals surface area contributed by atoms with Gasteiger partial charge in [-0.05, 0) is 62.8 Å².